The largest absolute Gasteiger partial charge is 0.396 e. The first kappa shape index (κ1) is 16.1. The van der Waals surface area contributed by atoms with E-state index in [9.17, 15) is 8.42 Å². The Kier molecular flexibility index (Phi) is 5.51. The number of rotatable bonds is 6. The molecule has 0 aliphatic heterocycles. The Morgan fingerprint density at radius 3 is 2.42 bits per heavy atom. The predicted molar refractivity (Wildman–Crippen MR) is 83.4 cm³/mol. The van der Waals surface area contributed by atoms with Gasteiger partial charge in [0.15, 0.2) is 0 Å². The Morgan fingerprint density at radius 1 is 1.26 bits per heavy atom. The highest BCUT2D eigenvalue weighted by atomic mass is 32.2. The molecule has 0 saturated heterocycles. The molecule has 0 bridgehead atoms. The Labute approximate surface area is 119 Å². The van der Waals surface area contributed by atoms with E-state index in [2.05, 4.69) is 0 Å². The molecule has 0 aromatic heterocycles. The van der Waals surface area contributed by atoms with Gasteiger partial charge in [0.05, 0.1) is 11.4 Å². The van der Waals surface area contributed by atoms with Gasteiger partial charge < -0.3 is 10.6 Å². The fourth-order valence-corrected chi connectivity index (χ4v) is 3.12. The second-order valence-electron chi connectivity index (χ2n) is 4.39. The number of anilines is 2. The van der Waals surface area contributed by atoms with E-state index in [1.54, 1.807) is 17.8 Å². The molecule has 0 aliphatic carbocycles. The minimum Gasteiger partial charge on any atom is -0.396 e. The van der Waals surface area contributed by atoms with E-state index in [0.29, 0.717) is 5.69 Å². The summed E-state index contributed by atoms with van der Waals surface area (Å²) in [6, 6.07) is 5.10. The molecule has 1 rings (SSSR count). The number of nitrogens with two attached hydrogens (primary N) is 1. The van der Waals surface area contributed by atoms with Crippen molar-refractivity contribution >= 4 is 33.2 Å². The van der Waals surface area contributed by atoms with Gasteiger partial charge in [0.2, 0.25) is 10.0 Å². The van der Waals surface area contributed by atoms with Crippen molar-refractivity contribution < 1.29 is 8.42 Å². The first-order valence-electron chi connectivity index (χ1n) is 5.83. The Hall–Kier alpha value is -0.920. The van der Waals surface area contributed by atoms with E-state index in [4.69, 9.17) is 5.73 Å². The third-order valence-electron chi connectivity index (χ3n) is 2.84. The van der Waals surface area contributed by atoms with Crippen LogP contribution in [0.25, 0.3) is 0 Å². The van der Waals surface area contributed by atoms with Crippen molar-refractivity contribution in [1.82, 2.24) is 4.31 Å². The van der Waals surface area contributed by atoms with E-state index in [1.165, 1.54) is 24.5 Å². The maximum absolute atomic E-state index is 12.2. The Bertz CT molecular complexity index is 530. The highest BCUT2D eigenvalue weighted by molar-refractivity contribution is 7.98. The number of nitrogen functional groups attached to an aromatic ring is 1. The lowest BCUT2D eigenvalue weighted by Crippen LogP contribution is -2.25. The second kappa shape index (κ2) is 6.49. The third kappa shape index (κ3) is 3.55. The molecule has 19 heavy (non-hydrogen) atoms. The van der Waals surface area contributed by atoms with Gasteiger partial charge in [0.1, 0.15) is 4.90 Å². The SMILES string of the molecule is CSCCN(C)c1cccc(S(=O)(=O)N(C)C)c1N. The molecule has 7 heteroatoms. The Morgan fingerprint density at radius 2 is 1.89 bits per heavy atom. The van der Waals surface area contributed by atoms with Crippen molar-refractivity contribution in [2.24, 2.45) is 0 Å². The number of hydrogen-bond acceptors (Lipinski definition) is 5. The minimum atomic E-state index is -3.51. The summed E-state index contributed by atoms with van der Waals surface area (Å²) in [5.74, 6) is 0.959. The Balaban J connectivity index is 3.19. The van der Waals surface area contributed by atoms with Gasteiger partial charge >= 0.3 is 0 Å². The van der Waals surface area contributed by atoms with E-state index >= 15 is 0 Å². The molecule has 2 N–H and O–H groups in total. The van der Waals surface area contributed by atoms with Gasteiger partial charge in [-0.2, -0.15) is 11.8 Å². The summed E-state index contributed by atoms with van der Waals surface area (Å²) >= 11 is 1.74. The first-order valence-corrected chi connectivity index (χ1v) is 8.67. The average Bonchev–Trinajstić information content (AvgIpc) is 2.35. The summed E-state index contributed by atoms with van der Waals surface area (Å²) in [7, 11) is 1.40. The summed E-state index contributed by atoms with van der Waals surface area (Å²) < 4.78 is 25.5. The van der Waals surface area contributed by atoms with Gasteiger partial charge in [-0.3, -0.25) is 0 Å². The molecule has 1 aromatic carbocycles. The molecule has 0 unspecified atom stereocenters. The summed E-state index contributed by atoms with van der Waals surface area (Å²) in [6.07, 6.45) is 2.03. The quantitative estimate of drug-likeness (QED) is 0.803. The zero-order valence-electron chi connectivity index (χ0n) is 11.8. The van der Waals surface area contributed by atoms with Crippen LogP contribution >= 0.6 is 11.8 Å². The van der Waals surface area contributed by atoms with Gasteiger partial charge in [-0.05, 0) is 18.4 Å². The van der Waals surface area contributed by atoms with Crippen molar-refractivity contribution in [3.8, 4) is 0 Å². The van der Waals surface area contributed by atoms with Crippen LogP contribution in [0.2, 0.25) is 0 Å². The molecule has 0 spiro atoms. The molecule has 0 radical (unpaired) electrons. The van der Waals surface area contributed by atoms with Crippen molar-refractivity contribution in [3.05, 3.63) is 18.2 Å². The number of para-hydroxylation sites is 1. The van der Waals surface area contributed by atoms with Crippen molar-refractivity contribution in [3.63, 3.8) is 0 Å². The summed E-state index contributed by atoms with van der Waals surface area (Å²) in [5, 5.41) is 0. The number of thioether (sulfide) groups is 1. The molecular formula is C12H21N3O2S2. The third-order valence-corrected chi connectivity index (χ3v) is 5.31. The number of sulfonamides is 1. The molecule has 0 atom stereocenters. The highest BCUT2D eigenvalue weighted by Crippen LogP contribution is 2.30. The van der Waals surface area contributed by atoms with Crippen LogP contribution in [0.5, 0.6) is 0 Å². The van der Waals surface area contributed by atoms with Crippen LogP contribution in [0, 0.1) is 0 Å². The van der Waals surface area contributed by atoms with Gasteiger partial charge in [-0.1, -0.05) is 6.07 Å². The lowest BCUT2D eigenvalue weighted by atomic mass is 10.2. The summed E-state index contributed by atoms with van der Waals surface area (Å²) in [6.45, 7) is 0.816. The minimum absolute atomic E-state index is 0.158. The van der Waals surface area contributed by atoms with Crippen LogP contribution in [-0.4, -0.2) is 52.4 Å². The van der Waals surface area contributed by atoms with Crippen molar-refractivity contribution in [2.45, 2.75) is 4.90 Å². The number of hydrogen-bond donors (Lipinski definition) is 1. The average molecular weight is 303 g/mol. The molecular weight excluding hydrogens is 282 g/mol. The van der Waals surface area contributed by atoms with Crippen molar-refractivity contribution in [1.29, 1.82) is 0 Å². The van der Waals surface area contributed by atoms with Crippen LogP contribution in [0.1, 0.15) is 0 Å². The second-order valence-corrected chi connectivity index (χ2v) is 7.50. The molecule has 0 saturated carbocycles. The van der Waals surface area contributed by atoms with Gasteiger partial charge in [0, 0.05) is 33.4 Å². The molecule has 0 fully saturated rings. The van der Waals surface area contributed by atoms with E-state index < -0.39 is 10.0 Å². The molecule has 0 amide bonds. The van der Waals surface area contributed by atoms with E-state index in [-0.39, 0.29) is 4.90 Å². The zero-order valence-corrected chi connectivity index (χ0v) is 13.4. The van der Waals surface area contributed by atoms with Crippen LogP contribution < -0.4 is 10.6 Å². The van der Waals surface area contributed by atoms with Crippen LogP contribution in [0.4, 0.5) is 11.4 Å². The van der Waals surface area contributed by atoms with Gasteiger partial charge in [-0.15, -0.1) is 0 Å². The molecule has 0 aliphatic rings. The molecule has 0 heterocycles. The normalized spacial score (nSPS) is 11.8. The smallest absolute Gasteiger partial charge is 0.244 e. The van der Waals surface area contributed by atoms with Gasteiger partial charge in [-0.25, -0.2) is 12.7 Å². The topological polar surface area (TPSA) is 66.6 Å². The van der Waals surface area contributed by atoms with Crippen molar-refractivity contribution in [2.75, 3.05) is 50.3 Å². The van der Waals surface area contributed by atoms with Gasteiger partial charge in [0.25, 0.3) is 0 Å². The molecule has 5 nitrogen and oxygen atoms in total. The summed E-state index contributed by atoms with van der Waals surface area (Å²) in [4.78, 5) is 2.13. The monoisotopic (exact) mass is 303 g/mol. The maximum Gasteiger partial charge on any atom is 0.244 e. The van der Waals surface area contributed by atoms with E-state index in [0.717, 1.165) is 18.0 Å². The first-order chi connectivity index (χ1) is 8.82. The fraction of sp³-hybridized carbons (Fsp3) is 0.500. The predicted octanol–water partition coefficient (Wildman–Crippen LogP) is 1.32. The number of nitrogens with zero attached hydrogens (tertiary/aromatic N) is 2. The standard InChI is InChI=1S/C12H21N3O2S2/c1-14(2)19(16,17)11-7-5-6-10(12(11)13)15(3)8-9-18-4/h5-7H,8-9,13H2,1-4H3. The van der Waals surface area contributed by atoms with Crippen LogP contribution in [0.15, 0.2) is 23.1 Å². The summed E-state index contributed by atoms with van der Waals surface area (Å²) in [5.41, 5.74) is 7.08. The van der Waals surface area contributed by atoms with E-state index in [1.807, 2.05) is 24.3 Å². The highest BCUT2D eigenvalue weighted by Gasteiger charge is 2.22. The molecule has 108 valence electrons. The maximum atomic E-state index is 12.2. The fourth-order valence-electron chi connectivity index (χ4n) is 1.64. The number of benzene rings is 1. The zero-order chi connectivity index (χ0) is 14.6. The lowest BCUT2D eigenvalue weighted by Gasteiger charge is -2.23. The van der Waals surface area contributed by atoms with Crippen LogP contribution in [-0.2, 0) is 10.0 Å². The lowest BCUT2D eigenvalue weighted by molar-refractivity contribution is 0.521. The molecule has 1 aromatic rings. The van der Waals surface area contributed by atoms with Crippen LogP contribution in [0.3, 0.4) is 0 Å².